The molecule has 5 nitrogen and oxygen atoms in total. The van der Waals surface area contributed by atoms with Gasteiger partial charge in [-0.3, -0.25) is 10.1 Å². The first-order valence-corrected chi connectivity index (χ1v) is 6.31. The molecule has 19 heavy (non-hydrogen) atoms. The minimum absolute atomic E-state index is 0.113. The van der Waals surface area contributed by atoms with Gasteiger partial charge in [-0.1, -0.05) is 29.7 Å². The highest BCUT2D eigenvalue weighted by atomic mass is 16.4. The van der Waals surface area contributed by atoms with Crippen molar-refractivity contribution in [1.82, 2.24) is 10.2 Å². The fourth-order valence-electron chi connectivity index (χ4n) is 1.84. The summed E-state index contributed by atoms with van der Waals surface area (Å²) in [7, 11) is 0. The molecule has 2 aromatic rings. The maximum absolute atomic E-state index is 11.4. The number of aryl methyl sites for hydroxylation is 2. The van der Waals surface area contributed by atoms with Crippen LogP contribution < -0.4 is 5.32 Å². The van der Waals surface area contributed by atoms with E-state index in [2.05, 4.69) is 21.6 Å². The van der Waals surface area contributed by atoms with Crippen LogP contribution in [0.1, 0.15) is 30.9 Å². The molecule has 0 unspecified atom stereocenters. The number of nitrogens with one attached hydrogen (secondary N) is 1. The van der Waals surface area contributed by atoms with Crippen LogP contribution in [0.5, 0.6) is 0 Å². The highest BCUT2D eigenvalue weighted by Crippen LogP contribution is 2.24. The average molecular weight is 259 g/mol. The smallest absolute Gasteiger partial charge is 0.322 e. The number of hydrogen-bond acceptors (Lipinski definition) is 4. The number of carbonyl (C=O) groups is 1. The van der Waals surface area contributed by atoms with Crippen molar-refractivity contribution in [1.29, 1.82) is 0 Å². The normalized spacial score (nSPS) is 10.5. The number of nitrogens with zero attached hydrogens (tertiary/aromatic N) is 2. The first kappa shape index (κ1) is 13.3. The second-order valence-electron chi connectivity index (χ2n) is 4.53. The fraction of sp³-hybridized carbons (Fsp3) is 0.357. The van der Waals surface area contributed by atoms with Gasteiger partial charge in [0.05, 0.1) is 0 Å². The van der Waals surface area contributed by atoms with Gasteiger partial charge in [-0.2, -0.15) is 0 Å². The molecule has 1 aromatic heterocycles. The number of hydrogen-bond donors (Lipinski definition) is 1. The summed E-state index contributed by atoms with van der Waals surface area (Å²) >= 11 is 0. The Kier molecular flexibility index (Phi) is 3.94. The van der Waals surface area contributed by atoms with E-state index >= 15 is 0 Å². The van der Waals surface area contributed by atoms with Gasteiger partial charge < -0.3 is 4.42 Å². The van der Waals surface area contributed by atoms with Gasteiger partial charge in [0.15, 0.2) is 0 Å². The van der Waals surface area contributed by atoms with E-state index < -0.39 is 0 Å². The first-order valence-electron chi connectivity index (χ1n) is 6.31. The van der Waals surface area contributed by atoms with Crippen LogP contribution in [0.4, 0.5) is 6.01 Å². The third-order valence-electron chi connectivity index (χ3n) is 2.76. The second kappa shape index (κ2) is 5.65. The molecule has 0 aliphatic heterocycles. The summed E-state index contributed by atoms with van der Waals surface area (Å²) < 4.78 is 5.45. The molecule has 1 heterocycles. The second-order valence-corrected chi connectivity index (χ2v) is 4.53. The van der Waals surface area contributed by atoms with Crippen LogP contribution in [-0.2, 0) is 4.79 Å². The first-order chi connectivity index (χ1) is 9.10. The number of rotatable bonds is 4. The minimum atomic E-state index is -0.113. The van der Waals surface area contributed by atoms with E-state index in [-0.39, 0.29) is 11.9 Å². The standard InChI is InChI=1S/C14H17N3O2/c1-4-5-12(18)15-14-17-16-13(19-14)11-7-6-9(2)8-10(11)3/h6-8H,4-5H2,1-3H3,(H,15,17,18). The Bertz CT molecular complexity index is 590. The molecule has 0 fully saturated rings. The molecule has 0 saturated carbocycles. The van der Waals surface area contributed by atoms with Crippen molar-refractivity contribution in [2.24, 2.45) is 0 Å². The van der Waals surface area contributed by atoms with E-state index in [1.807, 2.05) is 32.9 Å². The number of aromatic nitrogens is 2. The molecule has 1 N–H and O–H groups in total. The molecule has 0 aliphatic carbocycles. The van der Waals surface area contributed by atoms with Crippen molar-refractivity contribution in [2.75, 3.05) is 5.32 Å². The monoisotopic (exact) mass is 259 g/mol. The zero-order valence-electron chi connectivity index (χ0n) is 11.4. The van der Waals surface area contributed by atoms with Crippen molar-refractivity contribution in [3.63, 3.8) is 0 Å². The lowest BCUT2D eigenvalue weighted by Crippen LogP contribution is -2.10. The topological polar surface area (TPSA) is 68.0 Å². The van der Waals surface area contributed by atoms with Crippen molar-refractivity contribution in [3.05, 3.63) is 29.3 Å². The van der Waals surface area contributed by atoms with Crippen LogP contribution in [-0.4, -0.2) is 16.1 Å². The molecule has 1 amide bonds. The summed E-state index contributed by atoms with van der Waals surface area (Å²) in [5.41, 5.74) is 3.13. The molecule has 5 heteroatoms. The lowest BCUT2D eigenvalue weighted by molar-refractivity contribution is -0.116. The van der Waals surface area contributed by atoms with Crippen LogP contribution >= 0.6 is 0 Å². The van der Waals surface area contributed by atoms with Crippen molar-refractivity contribution < 1.29 is 9.21 Å². The van der Waals surface area contributed by atoms with Crippen LogP contribution in [0.15, 0.2) is 22.6 Å². The van der Waals surface area contributed by atoms with Crippen LogP contribution in [0.3, 0.4) is 0 Å². The minimum Gasteiger partial charge on any atom is -0.403 e. The van der Waals surface area contributed by atoms with Crippen LogP contribution in [0, 0.1) is 13.8 Å². The van der Waals surface area contributed by atoms with Gasteiger partial charge in [0.2, 0.25) is 11.8 Å². The summed E-state index contributed by atoms with van der Waals surface area (Å²) in [6, 6.07) is 6.13. The molecular weight excluding hydrogens is 242 g/mol. The predicted molar refractivity (Wildman–Crippen MR) is 72.7 cm³/mol. The fourth-order valence-corrected chi connectivity index (χ4v) is 1.84. The van der Waals surface area contributed by atoms with Gasteiger partial charge in [0.25, 0.3) is 0 Å². The molecule has 0 aliphatic rings. The van der Waals surface area contributed by atoms with E-state index in [1.165, 1.54) is 5.56 Å². The summed E-state index contributed by atoms with van der Waals surface area (Å²) in [6.45, 7) is 5.96. The maximum Gasteiger partial charge on any atom is 0.322 e. The molecule has 2 rings (SSSR count). The predicted octanol–water partition coefficient (Wildman–Crippen LogP) is 3.09. The van der Waals surface area contributed by atoms with Gasteiger partial charge in [0.1, 0.15) is 0 Å². The molecular formula is C14H17N3O2. The molecule has 100 valence electrons. The number of anilines is 1. The Morgan fingerprint density at radius 1 is 1.32 bits per heavy atom. The zero-order chi connectivity index (χ0) is 13.8. The van der Waals surface area contributed by atoms with E-state index in [0.29, 0.717) is 12.3 Å². The SMILES string of the molecule is CCCC(=O)Nc1nnc(-c2ccc(C)cc2C)o1. The van der Waals surface area contributed by atoms with Gasteiger partial charge in [0, 0.05) is 12.0 Å². The summed E-state index contributed by atoms with van der Waals surface area (Å²) in [5.74, 6) is 0.308. The number of carbonyl (C=O) groups excluding carboxylic acids is 1. The molecule has 0 atom stereocenters. The molecule has 0 spiro atoms. The van der Waals surface area contributed by atoms with Gasteiger partial charge in [-0.15, -0.1) is 5.10 Å². The summed E-state index contributed by atoms with van der Waals surface area (Å²) in [4.78, 5) is 11.4. The third kappa shape index (κ3) is 3.19. The number of amides is 1. The quantitative estimate of drug-likeness (QED) is 0.916. The third-order valence-corrected chi connectivity index (χ3v) is 2.76. The summed E-state index contributed by atoms with van der Waals surface area (Å²) in [6.07, 6.45) is 1.23. The highest BCUT2D eigenvalue weighted by molar-refractivity contribution is 5.88. The Morgan fingerprint density at radius 3 is 2.79 bits per heavy atom. The summed E-state index contributed by atoms with van der Waals surface area (Å²) in [5, 5.41) is 10.4. The number of benzene rings is 1. The molecule has 0 saturated heterocycles. The van der Waals surface area contributed by atoms with E-state index in [0.717, 1.165) is 17.5 Å². The van der Waals surface area contributed by atoms with Crippen molar-refractivity contribution in [3.8, 4) is 11.5 Å². The van der Waals surface area contributed by atoms with Gasteiger partial charge in [-0.25, -0.2) is 0 Å². The zero-order valence-corrected chi connectivity index (χ0v) is 11.4. The lowest BCUT2D eigenvalue weighted by atomic mass is 10.1. The maximum atomic E-state index is 11.4. The Labute approximate surface area is 112 Å². The van der Waals surface area contributed by atoms with E-state index in [1.54, 1.807) is 0 Å². The Morgan fingerprint density at radius 2 is 2.11 bits per heavy atom. The molecule has 1 aromatic carbocycles. The van der Waals surface area contributed by atoms with Gasteiger partial charge >= 0.3 is 6.01 Å². The molecule has 0 bridgehead atoms. The van der Waals surface area contributed by atoms with Gasteiger partial charge in [-0.05, 0) is 31.9 Å². The highest BCUT2D eigenvalue weighted by Gasteiger charge is 2.12. The average Bonchev–Trinajstić information content (AvgIpc) is 2.77. The lowest BCUT2D eigenvalue weighted by Gasteiger charge is -2.01. The molecule has 0 radical (unpaired) electrons. The van der Waals surface area contributed by atoms with Crippen LogP contribution in [0.25, 0.3) is 11.5 Å². The Balaban J connectivity index is 2.18. The van der Waals surface area contributed by atoms with Crippen molar-refractivity contribution >= 4 is 11.9 Å². The van der Waals surface area contributed by atoms with E-state index in [4.69, 9.17) is 4.42 Å². The van der Waals surface area contributed by atoms with Crippen LogP contribution in [0.2, 0.25) is 0 Å². The Hall–Kier alpha value is -2.17. The van der Waals surface area contributed by atoms with E-state index in [9.17, 15) is 4.79 Å². The largest absolute Gasteiger partial charge is 0.403 e. The van der Waals surface area contributed by atoms with Crippen molar-refractivity contribution in [2.45, 2.75) is 33.6 Å².